The highest BCUT2D eigenvalue weighted by Crippen LogP contribution is 2.29. The van der Waals surface area contributed by atoms with E-state index in [0.717, 1.165) is 25.7 Å². The quantitative estimate of drug-likeness (QED) is 0.167. The average molecular weight is 752 g/mol. The zero-order valence-corrected chi connectivity index (χ0v) is 34.1. The smallest absolute Gasteiger partial charge is 0.320 e. The third-order valence-electron chi connectivity index (χ3n) is 8.73. The van der Waals surface area contributed by atoms with E-state index < -0.39 is 16.8 Å². The molecule has 2 aliphatic rings. The molecule has 304 valence electrons. The lowest BCUT2D eigenvalue weighted by Gasteiger charge is -2.34. The number of nitrogens with zero attached hydrogens (tertiary/aromatic N) is 4. The topological polar surface area (TPSA) is 147 Å². The van der Waals surface area contributed by atoms with Crippen molar-refractivity contribution >= 4 is 29.8 Å². The van der Waals surface area contributed by atoms with Gasteiger partial charge in [0.1, 0.15) is 23.4 Å². The summed E-state index contributed by atoms with van der Waals surface area (Å²) in [6.07, 6.45) is 4.71. The minimum Gasteiger partial charge on any atom is -0.461 e. The molecule has 1 aliphatic heterocycles. The van der Waals surface area contributed by atoms with Gasteiger partial charge in [0.2, 0.25) is 5.91 Å². The van der Waals surface area contributed by atoms with Crippen molar-refractivity contribution in [3.8, 4) is 0 Å². The molecule has 0 aromatic carbocycles. The van der Waals surface area contributed by atoms with Crippen molar-refractivity contribution in [1.29, 1.82) is 0 Å². The summed E-state index contributed by atoms with van der Waals surface area (Å²) in [5, 5.41) is 3.11. The van der Waals surface area contributed by atoms with Crippen LogP contribution >= 0.6 is 0 Å². The summed E-state index contributed by atoms with van der Waals surface area (Å²) in [5.41, 5.74) is -1.91. The zero-order chi connectivity index (χ0) is 39.8. The van der Waals surface area contributed by atoms with Gasteiger partial charge in [0.05, 0.1) is 32.1 Å². The van der Waals surface area contributed by atoms with Crippen LogP contribution in [-0.4, -0.2) is 158 Å². The molecule has 1 amide bonds. The molecule has 1 saturated heterocycles. The van der Waals surface area contributed by atoms with E-state index in [9.17, 15) is 24.0 Å². The van der Waals surface area contributed by atoms with Crippen LogP contribution in [0.2, 0.25) is 0 Å². The van der Waals surface area contributed by atoms with Crippen LogP contribution in [0.15, 0.2) is 12.7 Å². The van der Waals surface area contributed by atoms with Gasteiger partial charge in [-0.25, -0.2) is 0 Å². The van der Waals surface area contributed by atoms with Crippen LogP contribution in [0.25, 0.3) is 0 Å². The second-order valence-corrected chi connectivity index (χ2v) is 17.3. The maximum Gasteiger partial charge on any atom is 0.320 e. The van der Waals surface area contributed by atoms with E-state index in [0.29, 0.717) is 58.9 Å². The molecular weight excluding hydrogens is 682 g/mol. The monoisotopic (exact) mass is 752 g/mol. The summed E-state index contributed by atoms with van der Waals surface area (Å²) in [6, 6.07) is 0. The van der Waals surface area contributed by atoms with E-state index in [-0.39, 0.29) is 74.4 Å². The van der Waals surface area contributed by atoms with E-state index in [2.05, 4.69) is 11.9 Å². The number of nitrogens with one attached hydrogen (secondary N) is 1. The lowest BCUT2D eigenvalue weighted by molar-refractivity contribution is -0.158. The largest absolute Gasteiger partial charge is 0.461 e. The molecule has 0 unspecified atom stereocenters. The van der Waals surface area contributed by atoms with Gasteiger partial charge in [-0.15, -0.1) is 0 Å². The Morgan fingerprint density at radius 1 is 0.585 bits per heavy atom. The Hall–Kier alpha value is -3.07. The van der Waals surface area contributed by atoms with Gasteiger partial charge < -0.3 is 24.3 Å². The molecule has 1 saturated carbocycles. The lowest BCUT2D eigenvalue weighted by Crippen LogP contribution is -2.50. The third kappa shape index (κ3) is 21.4. The fourth-order valence-electron chi connectivity index (χ4n) is 6.26. The van der Waals surface area contributed by atoms with Crippen LogP contribution in [0.1, 0.15) is 88.0 Å². The molecule has 0 aromatic rings. The molecule has 53 heavy (non-hydrogen) atoms. The number of carbonyl (C=O) groups excluding carboxylic acids is 5. The first-order chi connectivity index (χ1) is 24.6. The van der Waals surface area contributed by atoms with E-state index in [1.165, 1.54) is 0 Å². The summed E-state index contributed by atoms with van der Waals surface area (Å²) in [4.78, 5) is 72.4. The summed E-state index contributed by atoms with van der Waals surface area (Å²) in [5.74, 6) is -1.16. The van der Waals surface area contributed by atoms with Crippen LogP contribution in [-0.2, 0) is 42.9 Å². The zero-order valence-electron chi connectivity index (χ0n) is 34.1. The number of esters is 4. The number of carbonyl (C=O) groups is 5. The maximum atomic E-state index is 13.3. The molecule has 14 nitrogen and oxygen atoms in total. The molecule has 14 heteroatoms. The molecule has 0 bridgehead atoms. The van der Waals surface area contributed by atoms with Crippen LogP contribution in [0, 0.1) is 11.8 Å². The van der Waals surface area contributed by atoms with Crippen molar-refractivity contribution in [2.45, 2.75) is 105 Å². The third-order valence-corrected chi connectivity index (χ3v) is 8.73. The second kappa shape index (κ2) is 21.7. The molecular formula is C39H69N5O9. The summed E-state index contributed by atoms with van der Waals surface area (Å²) < 4.78 is 22.1. The Labute approximate surface area is 318 Å². The van der Waals surface area contributed by atoms with Crippen molar-refractivity contribution in [2.75, 3.05) is 91.7 Å². The minimum atomic E-state index is -0.637. The first-order valence-electron chi connectivity index (χ1n) is 19.2. The van der Waals surface area contributed by atoms with Crippen molar-refractivity contribution in [2.24, 2.45) is 11.8 Å². The molecule has 2 fully saturated rings. The average Bonchev–Trinajstić information content (AvgIpc) is 3.01. The van der Waals surface area contributed by atoms with Crippen LogP contribution < -0.4 is 5.32 Å². The number of hydrogen-bond donors (Lipinski definition) is 1. The number of ether oxygens (including phenoxy) is 4. The summed E-state index contributed by atoms with van der Waals surface area (Å²) in [7, 11) is 0. The number of rotatable bonds is 13. The first kappa shape index (κ1) is 46.1. The standard InChI is InChI=1S/C39H69N5O9/c1-11-24-50-36(49)31-14-12-30(13-15-31)25-40-32(45)26-41-16-18-42(27-33(46)51-37(2,3)4)20-22-44(29-35(48)53-39(8,9)10)23-21-43(19-17-41)28-34(47)52-38(5,6)7/h11,30-31H,1,12-29H2,2-10H3,(H,40,45). The van der Waals surface area contributed by atoms with E-state index in [4.69, 9.17) is 18.9 Å². The predicted octanol–water partition coefficient (Wildman–Crippen LogP) is 2.88. The van der Waals surface area contributed by atoms with Gasteiger partial charge in [0.15, 0.2) is 0 Å². The number of hydrogen-bond acceptors (Lipinski definition) is 13. The Kier molecular flexibility index (Phi) is 18.9. The Balaban J connectivity index is 2.17. The molecule has 0 atom stereocenters. The molecule has 0 aromatic heterocycles. The minimum absolute atomic E-state index is 0.0607. The fraction of sp³-hybridized carbons (Fsp3) is 0.821. The van der Waals surface area contributed by atoms with E-state index in [1.807, 2.05) is 81.9 Å². The lowest BCUT2D eigenvalue weighted by atomic mass is 9.82. The molecule has 1 heterocycles. The molecule has 0 spiro atoms. The van der Waals surface area contributed by atoms with Crippen LogP contribution in [0.5, 0.6) is 0 Å². The van der Waals surface area contributed by atoms with E-state index >= 15 is 0 Å². The summed E-state index contributed by atoms with van der Waals surface area (Å²) in [6.45, 7) is 24.9. The second-order valence-electron chi connectivity index (χ2n) is 17.3. The first-order valence-corrected chi connectivity index (χ1v) is 19.2. The van der Waals surface area contributed by atoms with Gasteiger partial charge >= 0.3 is 23.9 Å². The number of amides is 1. The highest BCUT2D eigenvalue weighted by atomic mass is 16.6. The van der Waals surface area contributed by atoms with Gasteiger partial charge in [-0.2, -0.15) is 0 Å². The maximum absolute atomic E-state index is 13.3. The highest BCUT2D eigenvalue weighted by Gasteiger charge is 2.29. The van der Waals surface area contributed by atoms with E-state index in [1.54, 1.807) is 6.08 Å². The molecule has 0 radical (unpaired) electrons. The Bertz CT molecular complexity index is 1150. The molecule has 1 N–H and O–H groups in total. The van der Waals surface area contributed by atoms with Crippen molar-refractivity contribution in [1.82, 2.24) is 24.9 Å². The van der Waals surface area contributed by atoms with Crippen molar-refractivity contribution in [3.63, 3.8) is 0 Å². The SMILES string of the molecule is C=CCOC(=O)C1CCC(CNC(=O)CN2CCN(CC(=O)OC(C)(C)C)CCN(CC(=O)OC(C)(C)C)CCN(CC(=O)OC(C)(C)C)CC2)CC1. The van der Waals surface area contributed by atoms with Gasteiger partial charge in [-0.05, 0) is 93.9 Å². The normalized spacial score (nSPS) is 21.0. The summed E-state index contributed by atoms with van der Waals surface area (Å²) >= 11 is 0. The molecule has 1 aliphatic carbocycles. The van der Waals surface area contributed by atoms with Gasteiger partial charge in [0, 0.05) is 58.9 Å². The predicted molar refractivity (Wildman–Crippen MR) is 203 cm³/mol. The van der Waals surface area contributed by atoms with Crippen molar-refractivity contribution < 1.29 is 42.9 Å². The Morgan fingerprint density at radius 3 is 1.25 bits per heavy atom. The van der Waals surface area contributed by atoms with Gasteiger partial charge in [-0.1, -0.05) is 12.7 Å². The Morgan fingerprint density at radius 2 is 0.925 bits per heavy atom. The van der Waals surface area contributed by atoms with Crippen LogP contribution in [0.3, 0.4) is 0 Å². The molecule has 2 rings (SSSR count). The van der Waals surface area contributed by atoms with Crippen LogP contribution in [0.4, 0.5) is 0 Å². The van der Waals surface area contributed by atoms with Gasteiger partial charge in [0.25, 0.3) is 0 Å². The highest BCUT2D eigenvalue weighted by molar-refractivity contribution is 5.78. The van der Waals surface area contributed by atoms with Gasteiger partial charge in [-0.3, -0.25) is 43.6 Å². The fourth-order valence-corrected chi connectivity index (χ4v) is 6.26. The van der Waals surface area contributed by atoms with Crippen molar-refractivity contribution in [3.05, 3.63) is 12.7 Å².